The fraction of sp³-hybridized carbons (Fsp3) is 0.407. The van der Waals surface area contributed by atoms with Gasteiger partial charge >= 0.3 is 0 Å². The van der Waals surface area contributed by atoms with Gasteiger partial charge in [-0.3, -0.25) is 4.98 Å². The Labute approximate surface area is 380 Å². The number of hydrogen-bond donors (Lipinski definition) is 0. The molecule has 0 N–H and O–H groups in total. The molecule has 0 aliphatic carbocycles. The van der Waals surface area contributed by atoms with E-state index in [2.05, 4.69) is 213 Å². The van der Waals surface area contributed by atoms with Crippen LogP contribution in [0.25, 0.3) is 32.1 Å². The Hall–Kier alpha value is -4.31. The van der Waals surface area contributed by atoms with Crippen molar-refractivity contribution in [1.82, 2.24) is 4.98 Å². The van der Waals surface area contributed by atoms with Gasteiger partial charge in [0.15, 0.2) is 8.07 Å². The summed E-state index contributed by atoms with van der Waals surface area (Å²) in [6.45, 7) is 35.6. The number of benzene rings is 5. The molecule has 5 aromatic carbocycles. The van der Waals surface area contributed by atoms with Crippen molar-refractivity contribution in [2.75, 3.05) is 0 Å². The number of nitrogens with zero attached hydrogens (tertiary/aromatic N) is 1. The largest absolute Gasteiger partial charge is 0.255 e. The van der Waals surface area contributed by atoms with E-state index in [1.54, 1.807) is 0 Å². The van der Waals surface area contributed by atoms with Gasteiger partial charge in [0.1, 0.15) is 0 Å². The SMILES string of the molecule is CCC(C)(CC)c1cc(-c2nccc3cc([Si](c4cc(C(C)C)cc(C(C)C)c4)(c4cc(C(C)C)cc(C(C)C)c4)c4cc(C(C)C)cc(C(C)C)c4)sc23)cc2ccccc12. The highest BCUT2D eigenvalue weighted by Crippen LogP contribution is 2.41. The molecular formula is C59H73NSSi. The van der Waals surface area contributed by atoms with Crippen molar-refractivity contribution in [3.63, 3.8) is 0 Å². The summed E-state index contributed by atoms with van der Waals surface area (Å²) in [5, 5.41) is 8.42. The van der Waals surface area contributed by atoms with E-state index in [-0.39, 0.29) is 5.41 Å². The van der Waals surface area contributed by atoms with Crippen molar-refractivity contribution in [2.45, 2.75) is 158 Å². The van der Waals surface area contributed by atoms with Crippen LogP contribution in [0.3, 0.4) is 0 Å². The van der Waals surface area contributed by atoms with Gasteiger partial charge in [-0.2, -0.15) is 0 Å². The number of pyridine rings is 1. The lowest BCUT2D eigenvalue weighted by Crippen LogP contribution is -2.74. The molecule has 62 heavy (non-hydrogen) atoms. The molecule has 0 aliphatic rings. The summed E-state index contributed by atoms with van der Waals surface area (Å²) in [6.07, 6.45) is 4.23. The molecule has 7 aromatic rings. The predicted octanol–water partition coefficient (Wildman–Crippen LogP) is 15.3. The van der Waals surface area contributed by atoms with Crippen molar-refractivity contribution in [2.24, 2.45) is 0 Å². The minimum Gasteiger partial charge on any atom is -0.255 e. The molecule has 0 atom stereocenters. The molecule has 0 fully saturated rings. The van der Waals surface area contributed by atoms with Crippen LogP contribution in [-0.2, 0) is 5.41 Å². The zero-order valence-corrected chi connectivity index (χ0v) is 42.4. The molecule has 0 bridgehead atoms. The van der Waals surface area contributed by atoms with Crippen LogP contribution in [0, 0.1) is 0 Å². The Bertz CT molecular complexity index is 2470. The minimum absolute atomic E-state index is 0.0623. The highest BCUT2D eigenvalue weighted by molar-refractivity contribution is 7.39. The van der Waals surface area contributed by atoms with Gasteiger partial charge in [0.05, 0.1) is 10.4 Å². The van der Waals surface area contributed by atoms with Crippen molar-refractivity contribution in [3.8, 4) is 11.3 Å². The highest BCUT2D eigenvalue weighted by atomic mass is 32.1. The highest BCUT2D eigenvalue weighted by Gasteiger charge is 2.45. The molecule has 0 saturated heterocycles. The molecule has 7 rings (SSSR count). The number of rotatable bonds is 14. The van der Waals surface area contributed by atoms with Gasteiger partial charge in [0.2, 0.25) is 0 Å². The maximum absolute atomic E-state index is 5.32. The second-order valence-electron chi connectivity index (χ2n) is 20.5. The third-order valence-electron chi connectivity index (χ3n) is 14.4. The quantitative estimate of drug-likeness (QED) is 0.0784. The van der Waals surface area contributed by atoms with Crippen molar-refractivity contribution in [1.29, 1.82) is 0 Å². The number of thiophene rings is 1. The monoisotopic (exact) mass is 856 g/mol. The molecule has 0 aliphatic heterocycles. The van der Waals surface area contributed by atoms with Crippen LogP contribution in [0.5, 0.6) is 0 Å². The van der Waals surface area contributed by atoms with Crippen LogP contribution < -0.4 is 20.1 Å². The Kier molecular flexibility index (Phi) is 13.3. The average molecular weight is 856 g/mol. The Morgan fingerprint density at radius 2 is 0.919 bits per heavy atom. The Balaban J connectivity index is 1.70. The topological polar surface area (TPSA) is 12.9 Å². The first-order valence-corrected chi connectivity index (χ1v) is 26.6. The first-order valence-electron chi connectivity index (χ1n) is 23.8. The van der Waals surface area contributed by atoms with E-state index in [0.717, 1.165) is 18.5 Å². The van der Waals surface area contributed by atoms with E-state index in [0.29, 0.717) is 35.5 Å². The third kappa shape index (κ3) is 8.41. The molecule has 0 spiro atoms. The van der Waals surface area contributed by atoms with Crippen LogP contribution in [0.15, 0.2) is 109 Å². The zero-order valence-electron chi connectivity index (χ0n) is 40.6. The lowest BCUT2D eigenvalue weighted by Gasteiger charge is -2.36. The number of fused-ring (bicyclic) bond motifs is 2. The van der Waals surface area contributed by atoms with Crippen LogP contribution in [0.4, 0.5) is 0 Å². The summed E-state index contributed by atoms with van der Waals surface area (Å²) >= 11 is 2.03. The molecule has 0 amide bonds. The molecule has 1 nitrogen and oxygen atoms in total. The summed E-state index contributed by atoms with van der Waals surface area (Å²) in [7, 11) is -3.08. The van der Waals surface area contributed by atoms with Gasteiger partial charge in [-0.25, -0.2) is 0 Å². The normalized spacial score (nSPS) is 12.8. The van der Waals surface area contributed by atoms with Crippen LogP contribution >= 0.6 is 11.3 Å². The molecule has 324 valence electrons. The zero-order chi connectivity index (χ0) is 44.8. The van der Waals surface area contributed by atoms with Crippen LogP contribution in [-0.4, -0.2) is 13.1 Å². The lowest BCUT2D eigenvalue weighted by atomic mass is 9.75. The van der Waals surface area contributed by atoms with Gasteiger partial charge in [0.25, 0.3) is 0 Å². The molecular weight excluding hydrogens is 783 g/mol. The second-order valence-corrected chi connectivity index (χ2v) is 25.7. The third-order valence-corrected chi connectivity index (χ3v) is 20.9. The van der Waals surface area contributed by atoms with Gasteiger partial charge in [0, 0.05) is 16.3 Å². The summed E-state index contributed by atoms with van der Waals surface area (Å²) in [4.78, 5) is 5.32. The average Bonchev–Trinajstić information content (AvgIpc) is 3.70. The summed E-state index contributed by atoms with van der Waals surface area (Å²) < 4.78 is 2.77. The summed E-state index contributed by atoms with van der Waals surface area (Å²) in [6, 6.07) is 42.1. The molecule has 0 unspecified atom stereocenters. The van der Waals surface area contributed by atoms with Gasteiger partial charge in [-0.05, 0) is 149 Å². The first-order chi connectivity index (χ1) is 29.4. The Morgan fingerprint density at radius 3 is 1.32 bits per heavy atom. The maximum atomic E-state index is 5.32. The maximum Gasteiger partial charge on any atom is 0.191 e. The minimum atomic E-state index is -3.08. The van der Waals surface area contributed by atoms with Crippen molar-refractivity contribution in [3.05, 3.63) is 148 Å². The van der Waals surface area contributed by atoms with E-state index in [1.165, 1.54) is 85.4 Å². The molecule has 0 saturated carbocycles. The fourth-order valence-corrected chi connectivity index (χ4v) is 17.0. The van der Waals surface area contributed by atoms with E-state index in [4.69, 9.17) is 4.98 Å². The molecule has 3 heteroatoms. The van der Waals surface area contributed by atoms with Gasteiger partial charge in [-0.15, -0.1) is 11.3 Å². The van der Waals surface area contributed by atoms with E-state index < -0.39 is 8.07 Å². The fourth-order valence-electron chi connectivity index (χ4n) is 9.54. The van der Waals surface area contributed by atoms with Crippen molar-refractivity contribution >= 4 is 60.3 Å². The smallest absolute Gasteiger partial charge is 0.191 e. The Morgan fingerprint density at radius 1 is 0.500 bits per heavy atom. The predicted molar refractivity (Wildman–Crippen MR) is 279 cm³/mol. The van der Waals surface area contributed by atoms with Gasteiger partial charge in [-0.1, -0.05) is 183 Å². The number of aromatic nitrogens is 1. The molecule has 0 radical (unpaired) electrons. The van der Waals surface area contributed by atoms with Gasteiger partial charge < -0.3 is 0 Å². The van der Waals surface area contributed by atoms with E-state index >= 15 is 0 Å². The lowest BCUT2D eigenvalue weighted by molar-refractivity contribution is 0.443. The van der Waals surface area contributed by atoms with E-state index in [1.807, 2.05) is 11.3 Å². The summed E-state index contributed by atoms with van der Waals surface area (Å²) in [5.41, 5.74) is 12.4. The summed E-state index contributed by atoms with van der Waals surface area (Å²) in [5.74, 6) is 2.40. The van der Waals surface area contributed by atoms with Crippen molar-refractivity contribution < 1.29 is 0 Å². The van der Waals surface area contributed by atoms with E-state index in [9.17, 15) is 0 Å². The molecule has 2 heterocycles. The first kappa shape index (κ1) is 45.7. The van der Waals surface area contributed by atoms with Crippen LogP contribution in [0.2, 0.25) is 0 Å². The second kappa shape index (κ2) is 18.0. The standard InChI is InChI=1S/C59H73NSSi/c1-16-59(15,17-2)55-34-50(24-42-20-18-19-21-54(42)55)57-58-43(22-23-60-57)35-56(61-58)62(51-28-44(36(3)4)25-45(29-51)37(5)6,52-30-46(38(7)8)26-47(31-52)39(9)10)53-32-48(40(11)12)27-49(33-53)41(13)14/h18-41H,16-17H2,1-15H3. The van der Waals surface area contributed by atoms with Crippen LogP contribution in [0.1, 0.15) is 191 Å². The number of hydrogen-bond acceptors (Lipinski definition) is 2. The molecule has 2 aromatic heterocycles.